The molecular formula is C20H23N3O3S. The van der Waals surface area contributed by atoms with E-state index in [-0.39, 0.29) is 18.4 Å². The normalized spacial score (nSPS) is 22.0. The second-order valence-electron chi connectivity index (χ2n) is 6.91. The fourth-order valence-corrected chi connectivity index (χ4v) is 4.76. The Balaban J connectivity index is 1.36. The summed E-state index contributed by atoms with van der Waals surface area (Å²) < 4.78 is 5.55. The van der Waals surface area contributed by atoms with Crippen molar-refractivity contribution in [2.24, 2.45) is 0 Å². The van der Waals surface area contributed by atoms with Crippen LogP contribution in [0.4, 0.5) is 0 Å². The van der Waals surface area contributed by atoms with Crippen LogP contribution in [-0.4, -0.2) is 36.1 Å². The molecule has 2 N–H and O–H groups in total. The molecule has 1 saturated heterocycles. The molecule has 0 saturated carbocycles. The van der Waals surface area contributed by atoms with Gasteiger partial charge in [0.1, 0.15) is 6.61 Å². The summed E-state index contributed by atoms with van der Waals surface area (Å²) in [5.41, 5.74) is 2.10. The highest BCUT2D eigenvalue weighted by Crippen LogP contribution is 2.27. The second-order valence-corrected chi connectivity index (χ2v) is 8.08. The van der Waals surface area contributed by atoms with E-state index in [1.165, 1.54) is 23.4 Å². The first kappa shape index (κ1) is 18.1. The van der Waals surface area contributed by atoms with Gasteiger partial charge in [-0.2, -0.15) is 0 Å². The number of fused-ring (bicyclic) bond motifs is 1. The molecule has 27 heavy (non-hydrogen) atoms. The zero-order valence-corrected chi connectivity index (χ0v) is 15.9. The Morgan fingerprint density at radius 1 is 1.26 bits per heavy atom. The number of aryl methyl sites for hydroxylation is 2. The van der Waals surface area contributed by atoms with Crippen LogP contribution in [0.2, 0.25) is 0 Å². The lowest BCUT2D eigenvalue weighted by molar-refractivity contribution is -0.148. The van der Waals surface area contributed by atoms with Crippen molar-refractivity contribution in [3.63, 3.8) is 0 Å². The maximum absolute atomic E-state index is 12.7. The third-order valence-corrected chi connectivity index (χ3v) is 6.18. The molecule has 6 nitrogen and oxygen atoms in total. The number of hydrogen-bond donors (Lipinski definition) is 2. The number of nitrogens with one attached hydrogen (secondary N) is 2. The Labute approximate surface area is 162 Å². The predicted octanol–water partition coefficient (Wildman–Crippen LogP) is 1.94. The van der Waals surface area contributed by atoms with E-state index in [4.69, 9.17) is 9.72 Å². The molecule has 2 heterocycles. The summed E-state index contributed by atoms with van der Waals surface area (Å²) in [7, 11) is 0. The van der Waals surface area contributed by atoms with E-state index in [0.29, 0.717) is 6.54 Å². The Morgan fingerprint density at radius 3 is 2.89 bits per heavy atom. The standard InChI is InChI=1S/C20H23N3O3S/c24-16-12-26-19(18(23-16)13-6-2-1-3-7-13)20(25)21-11-10-17-22-14-8-4-5-9-15(14)27-17/h1-3,6-7,18-19H,4-5,8-12H2,(H,21,25)(H,23,24)/t18-,19+/m1/s1. The van der Waals surface area contributed by atoms with Crippen LogP contribution in [0.1, 0.15) is 40.0 Å². The smallest absolute Gasteiger partial charge is 0.251 e. The van der Waals surface area contributed by atoms with E-state index in [1.54, 1.807) is 11.3 Å². The van der Waals surface area contributed by atoms with Crippen LogP contribution in [0.5, 0.6) is 0 Å². The number of ether oxygens (including phenoxy) is 1. The van der Waals surface area contributed by atoms with E-state index in [0.717, 1.165) is 29.8 Å². The number of hydrogen-bond acceptors (Lipinski definition) is 5. The quantitative estimate of drug-likeness (QED) is 0.824. The molecule has 2 aliphatic rings. The van der Waals surface area contributed by atoms with Crippen LogP contribution in [0.3, 0.4) is 0 Å². The number of benzene rings is 1. The van der Waals surface area contributed by atoms with E-state index >= 15 is 0 Å². The lowest BCUT2D eigenvalue weighted by Gasteiger charge is -2.31. The molecule has 0 bridgehead atoms. The maximum atomic E-state index is 12.7. The molecule has 0 unspecified atom stereocenters. The summed E-state index contributed by atoms with van der Waals surface area (Å²) in [5, 5.41) is 6.90. The van der Waals surface area contributed by atoms with Crippen molar-refractivity contribution in [1.82, 2.24) is 15.6 Å². The van der Waals surface area contributed by atoms with Crippen LogP contribution in [0, 0.1) is 0 Å². The molecule has 1 aromatic carbocycles. The largest absolute Gasteiger partial charge is 0.356 e. The number of carbonyl (C=O) groups excluding carboxylic acids is 2. The van der Waals surface area contributed by atoms with Gasteiger partial charge in [-0.3, -0.25) is 9.59 Å². The van der Waals surface area contributed by atoms with Gasteiger partial charge in [0.25, 0.3) is 5.91 Å². The van der Waals surface area contributed by atoms with E-state index in [9.17, 15) is 9.59 Å². The molecule has 0 spiro atoms. The fourth-order valence-electron chi connectivity index (χ4n) is 3.60. The molecule has 2 amide bonds. The molecule has 4 rings (SSSR count). The van der Waals surface area contributed by atoms with Gasteiger partial charge in [-0.15, -0.1) is 11.3 Å². The van der Waals surface area contributed by atoms with Gasteiger partial charge < -0.3 is 15.4 Å². The molecule has 1 aliphatic carbocycles. The highest BCUT2D eigenvalue weighted by Gasteiger charge is 2.35. The van der Waals surface area contributed by atoms with Crippen molar-refractivity contribution in [2.45, 2.75) is 44.2 Å². The number of carbonyl (C=O) groups is 2. The SMILES string of the molecule is O=C1CO[C@H](C(=O)NCCc2nc3c(s2)CCCC3)[C@@H](c2ccccc2)N1. The van der Waals surface area contributed by atoms with Crippen LogP contribution in [0.25, 0.3) is 0 Å². The predicted molar refractivity (Wildman–Crippen MR) is 103 cm³/mol. The highest BCUT2D eigenvalue weighted by atomic mass is 32.1. The lowest BCUT2D eigenvalue weighted by Crippen LogP contribution is -2.52. The molecule has 1 fully saturated rings. The molecule has 2 aromatic rings. The van der Waals surface area contributed by atoms with E-state index in [1.807, 2.05) is 30.3 Å². The number of aromatic nitrogens is 1. The summed E-state index contributed by atoms with van der Waals surface area (Å²) in [4.78, 5) is 30.5. The van der Waals surface area contributed by atoms with E-state index in [2.05, 4.69) is 10.6 Å². The summed E-state index contributed by atoms with van der Waals surface area (Å²) in [6, 6.07) is 8.97. The van der Waals surface area contributed by atoms with Crippen LogP contribution >= 0.6 is 11.3 Å². The van der Waals surface area contributed by atoms with Crippen LogP contribution < -0.4 is 10.6 Å². The fraction of sp³-hybridized carbons (Fsp3) is 0.450. The Morgan fingerprint density at radius 2 is 2.07 bits per heavy atom. The summed E-state index contributed by atoms with van der Waals surface area (Å²) in [5.74, 6) is -0.411. The molecule has 7 heteroatoms. The molecule has 1 aliphatic heterocycles. The van der Waals surface area contributed by atoms with Crippen molar-refractivity contribution >= 4 is 23.2 Å². The van der Waals surface area contributed by atoms with E-state index < -0.39 is 12.1 Å². The summed E-state index contributed by atoms with van der Waals surface area (Å²) in [6.07, 6.45) is 4.67. The topological polar surface area (TPSA) is 80.3 Å². The maximum Gasteiger partial charge on any atom is 0.251 e. The van der Waals surface area contributed by atoms with Gasteiger partial charge in [-0.1, -0.05) is 30.3 Å². The van der Waals surface area contributed by atoms with Crippen LogP contribution in [-0.2, 0) is 33.6 Å². The number of amides is 2. The Bertz CT molecular complexity index is 798. The lowest BCUT2D eigenvalue weighted by atomic mass is 9.99. The number of nitrogens with zero attached hydrogens (tertiary/aromatic N) is 1. The first-order valence-corrected chi connectivity index (χ1v) is 10.2. The molecular weight excluding hydrogens is 362 g/mol. The molecule has 142 valence electrons. The molecule has 2 atom stereocenters. The first-order valence-electron chi connectivity index (χ1n) is 9.42. The average Bonchev–Trinajstić information content (AvgIpc) is 3.11. The van der Waals surface area contributed by atoms with Gasteiger partial charge in [0, 0.05) is 17.8 Å². The van der Waals surface area contributed by atoms with Crippen LogP contribution in [0.15, 0.2) is 30.3 Å². The zero-order valence-electron chi connectivity index (χ0n) is 15.1. The van der Waals surface area contributed by atoms with Crippen molar-refractivity contribution in [3.8, 4) is 0 Å². The average molecular weight is 385 g/mol. The molecule has 0 radical (unpaired) electrons. The Kier molecular flexibility index (Phi) is 5.50. The van der Waals surface area contributed by atoms with Crippen molar-refractivity contribution < 1.29 is 14.3 Å². The monoisotopic (exact) mass is 385 g/mol. The van der Waals surface area contributed by atoms with Gasteiger partial charge in [-0.05, 0) is 31.2 Å². The van der Waals surface area contributed by atoms with Gasteiger partial charge in [0.05, 0.1) is 16.7 Å². The summed E-state index contributed by atoms with van der Waals surface area (Å²) >= 11 is 1.77. The third kappa shape index (κ3) is 4.20. The summed E-state index contributed by atoms with van der Waals surface area (Å²) in [6.45, 7) is 0.418. The number of morpholine rings is 1. The molecule has 1 aromatic heterocycles. The van der Waals surface area contributed by atoms with Crippen molar-refractivity contribution in [2.75, 3.05) is 13.2 Å². The van der Waals surface area contributed by atoms with Gasteiger partial charge >= 0.3 is 0 Å². The first-order chi connectivity index (χ1) is 13.2. The van der Waals surface area contributed by atoms with Gasteiger partial charge in [0.15, 0.2) is 6.10 Å². The minimum atomic E-state index is -0.727. The zero-order chi connectivity index (χ0) is 18.6. The minimum Gasteiger partial charge on any atom is -0.356 e. The highest BCUT2D eigenvalue weighted by molar-refractivity contribution is 7.11. The number of rotatable bonds is 5. The Hall–Kier alpha value is -2.25. The van der Waals surface area contributed by atoms with Gasteiger partial charge in [0.2, 0.25) is 5.91 Å². The third-order valence-electron chi connectivity index (χ3n) is 4.96. The van der Waals surface area contributed by atoms with Gasteiger partial charge in [-0.25, -0.2) is 4.98 Å². The van der Waals surface area contributed by atoms with Crippen molar-refractivity contribution in [1.29, 1.82) is 0 Å². The second kappa shape index (κ2) is 8.19. The minimum absolute atomic E-state index is 0.0966. The van der Waals surface area contributed by atoms with Crippen molar-refractivity contribution in [3.05, 3.63) is 51.5 Å². The number of thiazole rings is 1.